The summed E-state index contributed by atoms with van der Waals surface area (Å²) >= 11 is 0. The molecule has 4 aromatic rings. The summed E-state index contributed by atoms with van der Waals surface area (Å²) in [6.45, 7) is 2.62. The number of halogens is 3. The van der Waals surface area contributed by atoms with Crippen molar-refractivity contribution in [2.75, 3.05) is 7.05 Å². The molecule has 4 rings (SSSR count). The van der Waals surface area contributed by atoms with E-state index in [1.165, 1.54) is 12.1 Å². The Morgan fingerprint density at radius 2 is 1.61 bits per heavy atom. The summed E-state index contributed by atoms with van der Waals surface area (Å²) in [6, 6.07) is 14.3. The van der Waals surface area contributed by atoms with Crippen LogP contribution in [0, 0.1) is 6.92 Å². The van der Waals surface area contributed by atoms with Crippen molar-refractivity contribution in [1.82, 2.24) is 20.0 Å². The molecular weight excluding hydrogens is 409 g/mol. The SMILES string of the molecule is Cc1oc(-c2ccc(C(F)(F)F)cc2)nc1CN(C)Cc1nc(-c2ccccc2)no1. The van der Waals surface area contributed by atoms with Crippen LogP contribution in [0.2, 0.25) is 0 Å². The summed E-state index contributed by atoms with van der Waals surface area (Å²) in [5, 5.41) is 4.01. The van der Waals surface area contributed by atoms with Gasteiger partial charge in [-0.1, -0.05) is 35.5 Å². The molecule has 2 aromatic carbocycles. The third kappa shape index (κ3) is 4.83. The molecule has 0 radical (unpaired) electrons. The monoisotopic (exact) mass is 428 g/mol. The summed E-state index contributed by atoms with van der Waals surface area (Å²) in [4.78, 5) is 10.8. The molecule has 0 aliphatic heterocycles. The van der Waals surface area contributed by atoms with Crippen LogP contribution in [-0.2, 0) is 19.3 Å². The fourth-order valence-corrected chi connectivity index (χ4v) is 3.07. The Morgan fingerprint density at radius 3 is 2.29 bits per heavy atom. The zero-order valence-electron chi connectivity index (χ0n) is 16.8. The van der Waals surface area contributed by atoms with Crippen LogP contribution in [0.15, 0.2) is 63.5 Å². The number of benzene rings is 2. The van der Waals surface area contributed by atoms with Gasteiger partial charge in [0.15, 0.2) is 0 Å². The first-order chi connectivity index (χ1) is 14.8. The molecule has 160 valence electrons. The van der Waals surface area contributed by atoms with Gasteiger partial charge in [0.25, 0.3) is 0 Å². The van der Waals surface area contributed by atoms with Crippen molar-refractivity contribution in [3.8, 4) is 22.8 Å². The first-order valence-electron chi connectivity index (χ1n) is 9.50. The van der Waals surface area contributed by atoms with Crippen molar-refractivity contribution in [2.24, 2.45) is 0 Å². The molecule has 0 N–H and O–H groups in total. The van der Waals surface area contributed by atoms with Crippen molar-refractivity contribution in [1.29, 1.82) is 0 Å². The predicted octanol–water partition coefficient (Wildman–Crippen LogP) is 5.35. The van der Waals surface area contributed by atoms with E-state index in [-0.39, 0.29) is 5.89 Å². The van der Waals surface area contributed by atoms with Crippen molar-refractivity contribution in [2.45, 2.75) is 26.2 Å². The van der Waals surface area contributed by atoms with Crippen LogP contribution >= 0.6 is 0 Å². The van der Waals surface area contributed by atoms with Crippen molar-refractivity contribution in [3.63, 3.8) is 0 Å². The molecule has 0 unspecified atom stereocenters. The zero-order chi connectivity index (χ0) is 22.0. The second-order valence-electron chi connectivity index (χ2n) is 7.15. The van der Waals surface area contributed by atoms with Gasteiger partial charge in [0.05, 0.1) is 17.8 Å². The van der Waals surface area contributed by atoms with Crippen LogP contribution in [0.25, 0.3) is 22.8 Å². The molecule has 0 atom stereocenters. The van der Waals surface area contributed by atoms with E-state index in [9.17, 15) is 13.2 Å². The topological polar surface area (TPSA) is 68.2 Å². The molecule has 2 aromatic heterocycles. The first kappa shape index (κ1) is 20.8. The molecule has 0 saturated carbocycles. The number of oxazole rings is 1. The molecule has 31 heavy (non-hydrogen) atoms. The second-order valence-corrected chi connectivity index (χ2v) is 7.15. The van der Waals surface area contributed by atoms with Gasteiger partial charge >= 0.3 is 6.18 Å². The molecule has 0 amide bonds. The van der Waals surface area contributed by atoms with E-state index in [2.05, 4.69) is 15.1 Å². The zero-order valence-corrected chi connectivity index (χ0v) is 16.8. The summed E-state index contributed by atoms with van der Waals surface area (Å²) in [7, 11) is 1.87. The van der Waals surface area contributed by atoms with Crippen molar-refractivity contribution < 1.29 is 22.1 Å². The van der Waals surface area contributed by atoms with E-state index in [0.29, 0.717) is 41.8 Å². The Kier molecular flexibility index (Phi) is 5.60. The number of aryl methyl sites for hydroxylation is 1. The quantitative estimate of drug-likeness (QED) is 0.412. The Hall–Kier alpha value is -3.46. The number of alkyl halides is 3. The molecule has 0 fully saturated rings. The lowest BCUT2D eigenvalue weighted by Crippen LogP contribution is -2.18. The van der Waals surface area contributed by atoms with E-state index in [0.717, 1.165) is 17.7 Å². The van der Waals surface area contributed by atoms with E-state index in [4.69, 9.17) is 8.94 Å². The maximum atomic E-state index is 12.7. The summed E-state index contributed by atoms with van der Waals surface area (Å²) in [6.07, 6.45) is -4.38. The third-order valence-corrected chi connectivity index (χ3v) is 4.68. The summed E-state index contributed by atoms with van der Waals surface area (Å²) in [5.74, 6) is 1.85. The van der Waals surface area contributed by atoms with E-state index in [1.807, 2.05) is 42.3 Å². The van der Waals surface area contributed by atoms with Gasteiger partial charge in [-0.3, -0.25) is 4.90 Å². The second kappa shape index (κ2) is 8.35. The highest BCUT2D eigenvalue weighted by Crippen LogP contribution is 2.31. The lowest BCUT2D eigenvalue weighted by Gasteiger charge is -2.12. The van der Waals surface area contributed by atoms with Gasteiger partial charge in [0.1, 0.15) is 5.76 Å². The highest BCUT2D eigenvalue weighted by atomic mass is 19.4. The normalized spacial score (nSPS) is 11.9. The molecule has 0 saturated heterocycles. The maximum absolute atomic E-state index is 12.7. The Labute approximate surface area is 176 Å². The number of aromatic nitrogens is 3. The molecule has 6 nitrogen and oxygen atoms in total. The Balaban J connectivity index is 1.43. The average Bonchev–Trinajstić information content (AvgIpc) is 3.35. The molecule has 0 aliphatic rings. The van der Waals surface area contributed by atoms with Crippen LogP contribution in [0.1, 0.15) is 22.9 Å². The highest BCUT2D eigenvalue weighted by molar-refractivity contribution is 5.55. The number of hydrogen-bond acceptors (Lipinski definition) is 6. The summed E-state index contributed by atoms with van der Waals surface area (Å²) < 4.78 is 49.2. The summed E-state index contributed by atoms with van der Waals surface area (Å²) in [5.41, 5.74) is 1.32. The van der Waals surface area contributed by atoms with Crippen molar-refractivity contribution in [3.05, 3.63) is 77.5 Å². The van der Waals surface area contributed by atoms with Gasteiger partial charge in [-0.05, 0) is 38.2 Å². The fraction of sp³-hybridized carbons (Fsp3) is 0.227. The van der Waals surface area contributed by atoms with Gasteiger partial charge in [0.2, 0.25) is 17.6 Å². The Bertz CT molecular complexity index is 1150. The predicted molar refractivity (Wildman–Crippen MR) is 107 cm³/mol. The minimum Gasteiger partial charge on any atom is -0.441 e. The van der Waals surface area contributed by atoms with Crippen LogP contribution in [0.3, 0.4) is 0 Å². The molecular formula is C22H19F3N4O2. The standard InChI is InChI=1S/C22H19F3N4O2/c1-14-18(26-21(30-14)16-8-10-17(11-9-16)22(23,24)25)12-29(2)13-19-27-20(28-31-19)15-6-4-3-5-7-15/h3-11H,12-13H2,1-2H3. The minimum atomic E-state index is -4.38. The maximum Gasteiger partial charge on any atom is 0.416 e. The largest absolute Gasteiger partial charge is 0.441 e. The number of hydrogen-bond donors (Lipinski definition) is 0. The molecule has 0 spiro atoms. The third-order valence-electron chi connectivity index (χ3n) is 4.68. The van der Waals surface area contributed by atoms with Gasteiger partial charge < -0.3 is 8.94 Å². The average molecular weight is 428 g/mol. The molecule has 0 bridgehead atoms. The van der Waals surface area contributed by atoms with Gasteiger partial charge in [0, 0.05) is 17.7 Å². The van der Waals surface area contributed by atoms with Gasteiger partial charge in [-0.15, -0.1) is 0 Å². The molecule has 9 heteroatoms. The number of rotatable bonds is 6. The lowest BCUT2D eigenvalue weighted by atomic mass is 10.1. The van der Waals surface area contributed by atoms with Crippen LogP contribution in [0.4, 0.5) is 13.2 Å². The fourth-order valence-electron chi connectivity index (χ4n) is 3.07. The minimum absolute atomic E-state index is 0.277. The lowest BCUT2D eigenvalue weighted by molar-refractivity contribution is -0.137. The molecule has 2 heterocycles. The van der Waals surface area contributed by atoms with Crippen molar-refractivity contribution >= 4 is 0 Å². The van der Waals surface area contributed by atoms with E-state index in [1.54, 1.807) is 6.92 Å². The molecule has 0 aliphatic carbocycles. The van der Waals surface area contributed by atoms with Gasteiger partial charge in [-0.2, -0.15) is 18.2 Å². The van der Waals surface area contributed by atoms with E-state index >= 15 is 0 Å². The number of nitrogens with zero attached hydrogens (tertiary/aromatic N) is 4. The Morgan fingerprint density at radius 1 is 0.903 bits per heavy atom. The smallest absolute Gasteiger partial charge is 0.416 e. The van der Waals surface area contributed by atoms with Crippen LogP contribution in [0.5, 0.6) is 0 Å². The highest BCUT2D eigenvalue weighted by Gasteiger charge is 2.30. The van der Waals surface area contributed by atoms with E-state index < -0.39 is 11.7 Å². The van der Waals surface area contributed by atoms with Crippen LogP contribution in [-0.4, -0.2) is 27.1 Å². The first-order valence-corrected chi connectivity index (χ1v) is 9.50. The van der Waals surface area contributed by atoms with Gasteiger partial charge in [-0.25, -0.2) is 4.98 Å². The van der Waals surface area contributed by atoms with Crippen LogP contribution < -0.4 is 0 Å².